The number of nitrogens with two attached hydrogens (primary N) is 2. The van der Waals surface area contributed by atoms with E-state index in [0.29, 0.717) is 45.4 Å². The quantitative estimate of drug-likeness (QED) is 0.0438. The third-order valence-electron chi connectivity index (χ3n) is 7.86. The number of nitrogens with zero attached hydrogens (tertiary/aromatic N) is 1. The average molecular weight is 628 g/mol. The highest BCUT2D eigenvalue weighted by atomic mass is 16.6. The van der Waals surface area contributed by atoms with Crippen LogP contribution in [0.3, 0.4) is 0 Å². The molecular formula is C35H69N3O6. The molecule has 4 N–H and O–H groups in total. The average Bonchev–Trinajstić information content (AvgIpc) is 3.02. The van der Waals surface area contributed by atoms with E-state index in [1.54, 1.807) is 4.90 Å². The number of carbonyl (C=O) groups is 3. The molecule has 0 bridgehead atoms. The first-order chi connectivity index (χ1) is 21.5. The van der Waals surface area contributed by atoms with Crippen LogP contribution in [0.1, 0.15) is 162 Å². The van der Waals surface area contributed by atoms with Crippen molar-refractivity contribution in [1.82, 2.24) is 4.90 Å². The second kappa shape index (κ2) is 32.5. The largest absolute Gasteiger partial charge is 0.462 e. The third-order valence-corrected chi connectivity index (χ3v) is 7.86. The zero-order chi connectivity index (χ0) is 32.5. The van der Waals surface area contributed by atoms with Crippen molar-refractivity contribution in [2.45, 2.75) is 168 Å². The molecule has 0 heterocycles. The maximum Gasteiger partial charge on any atom is 0.409 e. The van der Waals surface area contributed by atoms with E-state index in [2.05, 4.69) is 13.8 Å². The van der Waals surface area contributed by atoms with Crippen molar-refractivity contribution in [1.29, 1.82) is 0 Å². The molecule has 0 aliphatic rings. The van der Waals surface area contributed by atoms with Gasteiger partial charge in [-0.15, -0.1) is 0 Å². The molecule has 9 heteroatoms. The fraction of sp³-hybridized carbons (Fsp3) is 0.914. The molecule has 0 saturated carbocycles. The normalized spacial score (nSPS) is 11.7. The minimum absolute atomic E-state index is 0.122. The molecule has 1 amide bonds. The molecule has 9 nitrogen and oxygen atoms in total. The summed E-state index contributed by atoms with van der Waals surface area (Å²) in [7, 11) is 0. The Morgan fingerprint density at radius 2 is 0.955 bits per heavy atom. The maximum absolute atomic E-state index is 12.8. The summed E-state index contributed by atoms with van der Waals surface area (Å²) in [6, 6.07) is 0. The fourth-order valence-corrected chi connectivity index (χ4v) is 5.06. The van der Waals surface area contributed by atoms with Crippen LogP contribution >= 0.6 is 0 Å². The van der Waals surface area contributed by atoms with Crippen LogP contribution in [0.2, 0.25) is 0 Å². The van der Waals surface area contributed by atoms with E-state index >= 15 is 0 Å². The minimum Gasteiger partial charge on any atom is -0.462 e. The zero-order valence-corrected chi connectivity index (χ0v) is 28.6. The van der Waals surface area contributed by atoms with Gasteiger partial charge in [-0.1, -0.05) is 117 Å². The van der Waals surface area contributed by atoms with Gasteiger partial charge >= 0.3 is 18.0 Å². The summed E-state index contributed by atoms with van der Waals surface area (Å²) in [4.78, 5) is 39.4. The lowest BCUT2D eigenvalue weighted by atomic mass is 10.1. The summed E-state index contributed by atoms with van der Waals surface area (Å²) < 4.78 is 16.6. The Morgan fingerprint density at radius 1 is 0.523 bits per heavy atom. The van der Waals surface area contributed by atoms with Crippen molar-refractivity contribution in [2.75, 3.05) is 39.4 Å². The summed E-state index contributed by atoms with van der Waals surface area (Å²) in [5, 5.41) is 0. The Hall–Kier alpha value is -1.87. The Labute approximate surface area is 269 Å². The van der Waals surface area contributed by atoms with E-state index < -0.39 is 12.2 Å². The molecule has 1 atom stereocenters. The molecule has 44 heavy (non-hydrogen) atoms. The first-order valence-corrected chi connectivity index (χ1v) is 18.1. The van der Waals surface area contributed by atoms with Crippen molar-refractivity contribution >= 4 is 18.0 Å². The van der Waals surface area contributed by atoms with Crippen LogP contribution in [-0.4, -0.2) is 68.4 Å². The Kier molecular flexibility index (Phi) is 31.1. The van der Waals surface area contributed by atoms with E-state index in [9.17, 15) is 14.4 Å². The smallest absolute Gasteiger partial charge is 0.409 e. The SMILES string of the molecule is CCCCCCCCCCCC(=O)OCC(COC(=O)N(CCCN)CCCCN)OC(=O)CCCCCCCCCCC. The van der Waals surface area contributed by atoms with Gasteiger partial charge < -0.3 is 30.6 Å². The molecule has 1 unspecified atom stereocenters. The highest BCUT2D eigenvalue weighted by Gasteiger charge is 2.22. The highest BCUT2D eigenvalue weighted by Crippen LogP contribution is 2.13. The number of carbonyl (C=O) groups excluding carboxylic acids is 3. The second-order valence-corrected chi connectivity index (χ2v) is 12.2. The minimum atomic E-state index is -0.836. The molecule has 0 aromatic carbocycles. The number of esters is 2. The van der Waals surface area contributed by atoms with Gasteiger partial charge in [0.25, 0.3) is 0 Å². The molecule has 0 aromatic rings. The van der Waals surface area contributed by atoms with Crippen LogP contribution < -0.4 is 11.5 Å². The summed E-state index contributed by atoms with van der Waals surface area (Å²) in [5.41, 5.74) is 11.2. The molecule has 0 aliphatic heterocycles. The second-order valence-electron chi connectivity index (χ2n) is 12.2. The molecule has 0 aromatic heterocycles. The summed E-state index contributed by atoms with van der Waals surface area (Å²) in [6.07, 6.45) is 22.5. The number of ether oxygens (including phenoxy) is 3. The van der Waals surface area contributed by atoms with Crippen molar-refractivity contribution in [3.05, 3.63) is 0 Å². The van der Waals surface area contributed by atoms with Crippen molar-refractivity contribution in [3.8, 4) is 0 Å². The van der Waals surface area contributed by atoms with Crippen LogP contribution in [0.5, 0.6) is 0 Å². The van der Waals surface area contributed by atoms with Gasteiger partial charge in [-0.3, -0.25) is 9.59 Å². The Bertz CT molecular complexity index is 679. The van der Waals surface area contributed by atoms with Gasteiger partial charge in [-0.05, 0) is 45.2 Å². The molecular weight excluding hydrogens is 558 g/mol. The topological polar surface area (TPSA) is 134 Å². The molecule has 0 rings (SSSR count). The number of hydrogen-bond acceptors (Lipinski definition) is 8. The summed E-state index contributed by atoms with van der Waals surface area (Å²) in [5.74, 6) is -0.669. The van der Waals surface area contributed by atoms with Crippen LogP contribution in [0, 0.1) is 0 Å². The lowest BCUT2D eigenvalue weighted by Gasteiger charge is -2.24. The van der Waals surface area contributed by atoms with E-state index in [1.807, 2.05) is 0 Å². The third kappa shape index (κ3) is 27.7. The number of hydrogen-bond donors (Lipinski definition) is 2. The Balaban J connectivity index is 4.66. The summed E-state index contributed by atoms with van der Waals surface area (Å²) in [6.45, 7) is 6.19. The van der Waals surface area contributed by atoms with Gasteiger partial charge in [-0.25, -0.2) is 4.79 Å². The lowest BCUT2D eigenvalue weighted by molar-refractivity contribution is -0.161. The predicted octanol–water partition coefficient (Wildman–Crippen LogP) is 7.81. The maximum atomic E-state index is 12.8. The number of amides is 1. The van der Waals surface area contributed by atoms with E-state index in [1.165, 1.54) is 77.0 Å². The van der Waals surface area contributed by atoms with Crippen LogP contribution in [-0.2, 0) is 23.8 Å². The molecule has 0 radical (unpaired) electrons. The van der Waals surface area contributed by atoms with Gasteiger partial charge in [-0.2, -0.15) is 0 Å². The van der Waals surface area contributed by atoms with Gasteiger partial charge in [0, 0.05) is 25.9 Å². The van der Waals surface area contributed by atoms with E-state index in [4.69, 9.17) is 25.7 Å². The predicted molar refractivity (Wildman–Crippen MR) is 179 cm³/mol. The Morgan fingerprint density at radius 3 is 1.45 bits per heavy atom. The zero-order valence-electron chi connectivity index (χ0n) is 28.6. The number of rotatable bonds is 32. The van der Waals surface area contributed by atoms with E-state index in [0.717, 1.165) is 51.4 Å². The first-order valence-electron chi connectivity index (χ1n) is 18.1. The molecule has 0 spiro atoms. The standard InChI is InChI=1S/C35H69N3O6/c1-3-5-7-9-11-13-15-17-19-24-33(39)42-30-32(31-43-35(41)38(29-23-27-37)28-22-21-26-36)44-34(40)25-20-18-16-14-12-10-8-6-4-2/h32H,3-31,36-37H2,1-2H3. The van der Waals surface area contributed by atoms with Crippen molar-refractivity contribution in [2.24, 2.45) is 11.5 Å². The van der Waals surface area contributed by atoms with Crippen LogP contribution in [0.4, 0.5) is 4.79 Å². The molecule has 0 aliphatic carbocycles. The van der Waals surface area contributed by atoms with Crippen molar-refractivity contribution < 1.29 is 28.6 Å². The lowest BCUT2D eigenvalue weighted by Crippen LogP contribution is -2.38. The molecule has 0 fully saturated rings. The first kappa shape index (κ1) is 42.1. The monoisotopic (exact) mass is 628 g/mol. The van der Waals surface area contributed by atoms with E-state index in [-0.39, 0.29) is 25.2 Å². The van der Waals surface area contributed by atoms with Gasteiger partial charge in [0.05, 0.1) is 0 Å². The van der Waals surface area contributed by atoms with Crippen molar-refractivity contribution in [3.63, 3.8) is 0 Å². The summed E-state index contributed by atoms with van der Waals surface area (Å²) >= 11 is 0. The number of unbranched alkanes of at least 4 members (excludes halogenated alkanes) is 17. The van der Waals surface area contributed by atoms with Gasteiger partial charge in [0.2, 0.25) is 0 Å². The van der Waals surface area contributed by atoms with Gasteiger partial charge in [0.15, 0.2) is 6.10 Å². The van der Waals surface area contributed by atoms with Gasteiger partial charge in [0.1, 0.15) is 13.2 Å². The highest BCUT2D eigenvalue weighted by molar-refractivity contribution is 5.70. The molecule has 0 saturated heterocycles. The van der Waals surface area contributed by atoms with Crippen LogP contribution in [0.25, 0.3) is 0 Å². The van der Waals surface area contributed by atoms with Crippen LogP contribution in [0.15, 0.2) is 0 Å². The molecule has 260 valence electrons. The fourth-order valence-electron chi connectivity index (χ4n) is 5.06.